The summed E-state index contributed by atoms with van der Waals surface area (Å²) in [6.45, 7) is 22.5. The van der Waals surface area contributed by atoms with Crippen LogP contribution in [0.15, 0.2) is 17.1 Å². The summed E-state index contributed by atoms with van der Waals surface area (Å²) in [4.78, 5) is 28.1. The van der Waals surface area contributed by atoms with Gasteiger partial charge in [-0.25, -0.2) is 9.59 Å². The minimum atomic E-state index is -2.09. The Morgan fingerprint density at radius 1 is 1.15 bits per heavy atom. The van der Waals surface area contributed by atoms with Crippen molar-refractivity contribution in [2.45, 2.75) is 103 Å². The Labute approximate surface area is 205 Å². The van der Waals surface area contributed by atoms with Gasteiger partial charge in [-0.2, -0.15) is 4.98 Å². The molecule has 0 spiro atoms. The maximum Gasteiger partial charge on any atom is 0.412 e. The molecule has 1 aromatic rings. The zero-order valence-corrected chi connectivity index (χ0v) is 24.6. The SMILES string of the molecule is COC(=O)[15NH]c1ccn([C@H]2C[C@H](O[Si](C)(C)C(C)(C)C)[C@@H](CO[Si](C)(C)C(C)(C)C)O2)c(=O)n1. The van der Waals surface area contributed by atoms with E-state index in [-0.39, 0.29) is 28.1 Å². The summed E-state index contributed by atoms with van der Waals surface area (Å²) < 4.78 is 25.6. The average molecular weight is 515 g/mol. The zero-order chi connectivity index (χ0) is 26.1. The summed E-state index contributed by atoms with van der Waals surface area (Å²) in [5, 5.41) is 2.52. The van der Waals surface area contributed by atoms with Gasteiger partial charge in [-0.1, -0.05) is 41.5 Å². The van der Waals surface area contributed by atoms with Gasteiger partial charge in [-0.3, -0.25) is 9.88 Å². The molecule has 0 bridgehead atoms. The second kappa shape index (κ2) is 10.2. The van der Waals surface area contributed by atoms with Gasteiger partial charge in [0.05, 0.1) is 19.8 Å². The van der Waals surface area contributed by atoms with E-state index in [9.17, 15) is 9.59 Å². The molecule has 34 heavy (non-hydrogen) atoms. The number of amides is 1. The zero-order valence-electron chi connectivity index (χ0n) is 22.6. The number of hydrogen-bond donors (Lipinski definition) is 1. The van der Waals surface area contributed by atoms with Crippen LogP contribution in [0.25, 0.3) is 0 Å². The van der Waals surface area contributed by atoms with Crippen molar-refractivity contribution in [2.24, 2.45) is 0 Å². The summed E-state index contributed by atoms with van der Waals surface area (Å²) in [6, 6.07) is 1.55. The van der Waals surface area contributed by atoms with Crippen molar-refractivity contribution in [1.29, 1.82) is 0 Å². The number of aromatic nitrogens is 2. The third-order valence-corrected chi connectivity index (χ3v) is 16.4. The van der Waals surface area contributed by atoms with Gasteiger partial charge in [-0.15, -0.1) is 0 Å². The molecule has 9 nitrogen and oxygen atoms in total. The molecule has 1 aliphatic rings. The van der Waals surface area contributed by atoms with Crippen LogP contribution >= 0.6 is 0 Å². The van der Waals surface area contributed by atoms with Crippen LogP contribution in [0.2, 0.25) is 36.3 Å². The van der Waals surface area contributed by atoms with Gasteiger partial charge in [0.15, 0.2) is 16.6 Å². The Morgan fingerprint density at radius 3 is 2.24 bits per heavy atom. The highest BCUT2D eigenvalue weighted by Crippen LogP contribution is 2.42. The van der Waals surface area contributed by atoms with Gasteiger partial charge < -0.3 is 18.3 Å². The monoisotopic (exact) mass is 514 g/mol. The summed E-state index contributed by atoms with van der Waals surface area (Å²) in [6.07, 6.45) is 0.376. The fourth-order valence-electron chi connectivity index (χ4n) is 3.06. The number of rotatable bonds is 7. The highest BCUT2D eigenvalue weighted by atomic mass is 28.4. The van der Waals surface area contributed by atoms with Gasteiger partial charge in [-0.05, 0) is 42.3 Å². The molecule has 1 saturated heterocycles. The highest BCUT2D eigenvalue weighted by Gasteiger charge is 2.46. The number of nitrogens with one attached hydrogen (secondary N) is 1. The quantitative estimate of drug-likeness (QED) is 0.398. The van der Waals surface area contributed by atoms with Gasteiger partial charge in [0.1, 0.15) is 18.1 Å². The number of hydrogen-bond acceptors (Lipinski definition) is 7. The molecule has 1 N–H and O–H groups in total. The van der Waals surface area contributed by atoms with E-state index in [1.165, 1.54) is 11.7 Å². The third kappa shape index (κ3) is 6.78. The highest BCUT2D eigenvalue weighted by molar-refractivity contribution is 6.74. The minimum Gasteiger partial charge on any atom is -0.453 e. The van der Waals surface area contributed by atoms with Crippen molar-refractivity contribution in [2.75, 3.05) is 19.0 Å². The molecule has 194 valence electrons. The molecule has 0 aliphatic carbocycles. The molecular formula is C23H43N3O6Si2. The predicted octanol–water partition coefficient (Wildman–Crippen LogP) is 5.12. The van der Waals surface area contributed by atoms with Gasteiger partial charge in [0.25, 0.3) is 0 Å². The van der Waals surface area contributed by atoms with Crippen LogP contribution in [-0.4, -0.2) is 58.2 Å². The van der Waals surface area contributed by atoms with Gasteiger partial charge in [0.2, 0.25) is 0 Å². The molecule has 0 unspecified atom stereocenters. The van der Waals surface area contributed by atoms with Crippen LogP contribution in [0.3, 0.4) is 0 Å². The van der Waals surface area contributed by atoms with Crippen LogP contribution < -0.4 is 11.0 Å². The smallest absolute Gasteiger partial charge is 0.412 e. The molecule has 3 atom stereocenters. The summed E-state index contributed by atoms with van der Waals surface area (Å²) in [5.74, 6) is 0.123. The Morgan fingerprint density at radius 2 is 1.74 bits per heavy atom. The van der Waals surface area contributed by atoms with Crippen LogP contribution in [0, 0.1) is 0 Å². The molecule has 0 aromatic carbocycles. The van der Waals surface area contributed by atoms with E-state index in [2.05, 4.69) is 82.8 Å². The summed E-state index contributed by atoms with van der Waals surface area (Å²) >= 11 is 0. The summed E-state index contributed by atoms with van der Waals surface area (Å²) in [7, 11) is -2.83. The van der Waals surface area contributed by atoms with Crippen molar-refractivity contribution in [1.82, 2.24) is 9.55 Å². The Hall–Kier alpha value is -1.54. The molecular weight excluding hydrogens is 471 g/mol. The first-order chi connectivity index (χ1) is 15.4. The lowest BCUT2D eigenvalue weighted by Gasteiger charge is -2.40. The van der Waals surface area contributed by atoms with E-state index >= 15 is 0 Å². The van der Waals surface area contributed by atoms with Crippen molar-refractivity contribution in [3.8, 4) is 0 Å². The number of carbonyl (C=O) groups is 1. The van der Waals surface area contributed by atoms with E-state index in [4.69, 9.17) is 13.6 Å². The number of methoxy groups -OCH3 is 1. The Kier molecular flexibility index (Phi) is 8.62. The Balaban J connectivity index is 2.28. The second-order valence-electron chi connectivity index (χ2n) is 12.0. The molecule has 1 aliphatic heterocycles. The number of carbonyl (C=O) groups excluding carboxylic acids is 1. The maximum atomic E-state index is 12.7. The van der Waals surface area contributed by atoms with E-state index in [0.29, 0.717) is 13.0 Å². The lowest BCUT2D eigenvalue weighted by Crippen LogP contribution is -2.48. The second-order valence-corrected chi connectivity index (χ2v) is 21.5. The van der Waals surface area contributed by atoms with Crippen LogP contribution in [-0.2, 0) is 18.3 Å². The third-order valence-electron chi connectivity index (χ3n) is 7.40. The van der Waals surface area contributed by atoms with Crippen molar-refractivity contribution in [3.05, 3.63) is 22.7 Å². The van der Waals surface area contributed by atoms with Gasteiger partial charge >= 0.3 is 11.8 Å². The van der Waals surface area contributed by atoms with Gasteiger partial charge in [0, 0.05) is 12.6 Å². The van der Waals surface area contributed by atoms with Crippen molar-refractivity contribution >= 4 is 28.5 Å². The molecule has 2 rings (SSSR count). The standard InChI is InChI=1S/C23H43N3O6Si2/c1-22(2,3)33(8,9)30-15-17-16(32-34(10,11)23(4,5)6)14-19(31-17)26-13-12-18(24-20(26)27)25-21(28)29-7/h12-13,16-17,19H,14-15H2,1-11H3,(H,24,25,27,28)/t16-,17+,19+/m0/s1/i25+1. The number of nitrogens with zero attached hydrogens (tertiary/aromatic N) is 2. The lowest BCUT2D eigenvalue weighted by molar-refractivity contribution is -0.0411. The van der Waals surface area contributed by atoms with E-state index < -0.39 is 34.6 Å². The predicted molar refractivity (Wildman–Crippen MR) is 138 cm³/mol. The number of anilines is 1. The molecule has 0 saturated carbocycles. The normalized spacial score (nSPS) is 22.0. The van der Waals surface area contributed by atoms with E-state index in [0.717, 1.165) is 0 Å². The number of ether oxygens (including phenoxy) is 2. The average Bonchev–Trinajstić information content (AvgIpc) is 3.06. The fraction of sp³-hybridized carbons (Fsp3) is 0.783. The van der Waals surface area contributed by atoms with Crippen LogP contribution in [0.5, 0.6) is 0 Å². The molecule has 0 radical (unpaired) electrons. The lowest BCUT2D eigenvalue weighted by atomic mass is 10.2. The van der Waals surface area contributed by atoms with E-state index in [1.54, 1.807) is 12.3 Å². The van der Waals surface area contributed by atoms with Crippen LogP contribution in [0.1, 0.15) is 54.2 Å². The first kappa shape index (κ1) is 28.7. The molecule has 1 amide bonds. The molecule has 2 heterocycles. The first-order valence-electron chi connectivity index (χ1n) is 11.8. The first-order valence-corrected chi connectivity index (χ1v) is 17.6. The maximum absolute atomic E-state index is 12.7. The molecule has 1 aromatic heterocycles. The largest absolute Gasteiger partial charge is 0.453 e. The topological polar surface area (TPSA) is 101 Å². The fourth-order valence-corrected chi connectivity index (χ4v) is 5.44. The minimum absolute atomic E-state index is 0.0372. The van der Waals surface area contributed by atoms with Crippen molar-refractivity contribution < 1.29 is 23.1 Å². The molecule has 1 fully saturated rings. The van der Waals surface area contributed by atoms with Crippen LogP contribution in [0.4, 0.5) is 10.6 Å². The Bertz CT molecular complexity index is 921. The molecule has 11 heteroatoms. The van der Waals surface area contributed by atoms with Crippen molar-refractivity contribution in [3.63, 3.8) is 0 Å². The van der Waals surface area contributed by atoms with E-state index in [1.807, 2.05) is 0 Å². The summed E-state index contributed by atoms with van der Waals surface area (Å²) in [5.41, 5.74) is -0.518.